The number of carbonyl (C=O) groups is 2. The predicted octanol–water partition coefficient (Wildman–Crippen LogP) is 11.6. The molecule has 50 heavy (non-hydrogen) atoms. The Balaban J connectivity index is 4.58. The lowest BCUT2D eigenvalue weighted by Crippen LogP contribution is -2.46. The van der Waals surface area contributed by atoms with Gasteiger partial charge in [0.25, 0.3) is 0 Å². The molecule has 0 aromatic heterocycles. The van der Waals surface area contributed by atoms with Crippen molar-refractivity contribution in [2.75, 3.05) is 6.61 Å². The average molecular weight is 702 g/mol. The fourth-order valence-electron chi connectivity index (χ4n) is 6.02. The molecule has 0 heterocycles. The highest BCUT2D eigenvalue weighted by atomic mass is 16.5. The van der Waals surface area contributed by atoms with E-state index in [9.17, 15) is 19.8 Å². The molecule has 0 saturated heterocycles. The highest BCUT2D eigenvalue weighted by Crippen LogP contribution is 2.16. The quantitative estimate of drug-likeness (QED) is 0.0261. The molecule has 0 saturated carbocycles. The molecule has 6 heteroatoms. The molecular formula is C44H79NO5. The maximum absolute atomic E-state index is 13.0. The van der Waals surface area contributed by atoms with E-state index in [1.807, 2.05) is 0 Å². The number of unbranched alkanes of at least 4 members (excludes halogenated alkanes) is 18. The molecule has 290 valence electrons. The molecule has 0 aliphatic carbocycles. The molecule has 3 N–H and O–H groups in total. The van der Waals surface area contributed by atoms with Crippen molar-refractivity contribution in [3.8, 4) is 0 Å². The van der Waals surface area contributed by atoms with Crippen LogP contribution in [0.1, 0.15) is 194 Å². The number of aliphatic hydroxyl groups excluding tert-OH is 2. The van der Waals surface area contributed by atoms with Gasteiger partial charge in [0.1, 0.15) is 6.10 Å². The number of aliphatic hydroxyl groups is 2. The van der Waals surface area contributed by atoms with Crippen LogP contribution in [0.4, 0.5) is 0 Å². The Bertz CT molecular complexity index is 880. The van der Waals surface area contributed by atoms with Gasteiger partial charge in [0.2, 0.25) is 5.91 Å². The van der Waals surface area contributed by atoms with Gasteiger partial charge < -0.3 is 20.3 Å². The van der Waals surface area contributed by atoms with E-state index >= 15 is 0 Å². The molecule has 0 aromatic carbocycles. The molecule has 0 rings (SSSR count). The van der Waals surface area contributed by atoms with Crippen LogP contribution in [-0.2, 0) is 14.3 Å². The predicted molar refractivity (Wildman–Crippen MR) is 213 cm³/mol. The van der Waals surface area contributed by atoms with Gasteiger partial charge in [-0.25, -0.2) is 0 Å². The summed E-state index contributed by atoms with van der Waals surface area (Å²) in [7, 11) is 0. The molecule has 0 aromatic rings. The standard InChI is InChI=1S/C44H79NO5/c1-4-7-10-13-16-19-21-22-23-25-28-31-34-37-44(49)50-40(35-32-29-26-18-15-12-9-6-3)38-43(48)45-41(39-46)42(47)36-33-30-27-24-20-17-14-11-8-5-2/h7,10,12-13,15-16,19,21,40-42,46-47H,4-6,8-9,11,14,17-18,20,22-39H2,1-3H3,(H,45,48)/b10-7+,15-12-,16-13+,21-19-. The zero-order valence-electron chi connectivity index (χ0n) is 32.8. The number of hydrogen-bond donors (Lipinski definition) is 3. The van der Waals surface area contributed by atoms with Gasteiger partial charge in [0.15, 0.2) is 0 Å². The van der Waals surface area contributed by atoms with E-state index in [1.165, 1.54) is 44.9 Å². The molecular weight excluding hydrogens is 622 g/mol. The molecule has 1 amide bonds. The summed E-state index contributed by atoms with van der Waals surface area (Å²) in [6.45, 7) is 6.23. The molecule has 0 aliphatic heterocycles. The number of allylic oxidation sites excluding steroid dienone is 8. The molecule has 0 spiro atoms. The SMILES string of the molecule is CC/C=C/C=C/C=C\CCCCCCCC(=O)OC(CCCCC/C=C\CCC)CC(=O)NC(CO)C(O)CCCCCCCCCCCC. The van der Waals surface area contributed by atoms with Crippen LogP contribution in [0.3, 0.4) is 0 Å². The second kappa shape index (κ2) is 38.1. The van der Waals surface area contributed by atoms with Gasteiger partial charge in [0, 0.05) is 6.42 Å². The molecule has 0 fully saturated rings. The van der Waals surface area contributed by atoms with Crippen molar-refractivity contribution in [1.29, 1.82) is 0 Å². The number of nitrogens with one attached hydrogen (secondary N) is 1. The third-order valence-corrected chi connectivity index (χ3v) is 9.18. The van der Waals surface area contributed by atoms with Gasteiger partial charge in [0.05, 0.1) is 25.2 Å². The molecule has 3 atom stereocenters. The van der Waals surface area contributed by atoms with Crippen molar-refractivity contribution in [3.05, 3.63) is 48.6 Å². The second-order valence-electron chi connectivity index (χ2n) is 14.1. The van der Waals surface area contributed by atoms with Crippen LogP contribution in [0, 0.1) is 0 Å². The molecule has 0 bridgehead atoms. The first kappa shape index (κ1) is 47.8. The van der Waals surface area contributed by atoms with Crippen molar-refractivity contribution in [3.63, 3.8) is 0 Å². The van der Waals surface area contributed by atoms with Crippen LogP contribution in [0.25, 0.3) is 0 Å². The lowest BCUT2D eigenvalue weighted by Gasteiger charge is -2.24. The Kier molecular flexibility index (Phi) is 36.4. The van der Waals surface area contributed by atoms with Crippen molar-refractivity contribution >= 4 is 11.9 Å². The molecule has 6 nitrogen and oxygen atoms in total. The van der Waals surface area contributed by atoms with Gasteiger partial charge in [-0.05, 0) is 64.2 Å². The average Bonchev–Trinajstić information content (AvgIpc) is 3.10. The van der Waals surface area contributed by atoms with Gasteiger partial charge in [-0.2, -0.15) is 0 Å². The number of rotatable bonds is 36. The summed E-state index contributed by atoms with van der Waals surface area (Å²) in [5.41, 5.74) is 0. The Morgan fingerprint density at radius 1 is 0.600 bits per heavy atom. The zero-order valence-corrected chi connectivity index (χ0v) is 32.8. The highest BCUT2D eigenvalue weighted by molar-refractivity contribution is 5.77. The Labute approximate surface area is 308 Å². The van der Waals surface area contributed by atoms with Crippen molar-refractivity contribution < 1.29 is 24.5 Å². The number of ether oxygens (including phenoxy) is 1. The van der Waals surface area contributed by atoms with Crippen LogP contribution >= 0.6 is 0 Å². The fourth-order valence-corrected chi connectivity index (χ4v) is 6.02. The van der Waals surface area contributed by atoms with E-state index in [0.717, 1.165) is 103 Å². The van der Waals surface area contributed by atoms with Gasteiger partial charge in [-0.3, -0.25) is 9.59 Å². The Morgan fingerprint density at radius 2 is 1.14 bits per heavy atom. The summed E-state index contributed by atoms with van der Waals surface area (Å²) in [5, 5.41) is 23.5. The summed E-state index contributed by atoms with van der Waals surface area (Å²) in [4.78, 5) is 25.8. The third kappa shape index (κ3) is 33.0. The van der Waals surface area contributed by atoms with Gasteiger partial charge in [-0.1, -0.05) is 166 Å². The van der Waals surface area contributed by atoms with Gasteiger partial charge >= 0.3 is 5.97 Å². The maximum Gasteiger partial charge on any atom is 0.306 e. The van der Waals surface area contributed by atoms with E-state index in [0.29, 0.717) is 19.3 Å². The monoisotopic (exact) mass is 702 g/mol. The number of amides is 1. The topological polar surface area (TPSA) is 95.9 Å². The second-order valence-corrected chi connectivity index (χ2v) is 14.1. The Morgan fingerprint density at radius 3 is 1.78 bits per heavy atom. The van der Waals surface area contributed by atoms with Crippen LogP contribution in [-0.4, -0.2) is 46.9 Å². The normalized spacial score (nSPS) is 13.9. The van der Waals surface area contributed by atoms with Crippen LogP contribution in [0.2, 0.25) is 0 Å². The van der Waals surface area contributed by atoms with Crippen molar-refractivity contribution in [1.82, 2.24) is 5.32 Å². The Hall–Kier alpha value is -2.18. The summed E-state index contributed by atoms with van der Waals surface area (Å²) < 4.78 is 5.84. The maximum atomic E-state index is 13.0. The summed E-state index contributed by atoms with van der Waals surface area (Å²) in [6, 6.07) is -0.706. The summed E-state index contributed by atoms with van der Waals surface area (Å²) >= 11 is 0. The first-order valence-electron chi connectivity index (χ1n) is 20.9. The summed E-state index contributed by atoms with van der Waals surface area (Å²) in [6.07, 6.45) is 43.2. The third-order valence-electron chi connectivity index (χ3n) is 9.18. The minimum atomic E-state index is -0.791. The smallest absolute Gasteiger partial charge is 0.306 e. The number of hydrogen-bond acceptors (Lipinski definition) is 5. The lowest BCUT2D eigenvalue weighted by atomic mass is 10.0. The highest BCUT2D eigenvalue weighted by Gasteiger charge is 2.24. The van der Waals surface area contributed by atoms with E-state index in [2.05, 4.69) is 74.7 Å². The minimum absolute atomic E-state index is 0.0568. The first-order chi connectivity index (χ1) is 24.5. The molecule has 0 radical (unpaired) electrons. The molecule has 0 aliphatic rings. The van der Waals surface area contributed by atoms with Crippen molar-refractivity contribution in [2.45, 2.75) is 212 Å². The first-order valence-corrected chi connectivity index (χ1v) is 20.9. The molecule has 3 unspecified atom stereocenters. The largest absolute Gasteiger partial charge is 0.462 e. The number of carbonyl (C=O) groups excluding carboxylic acids is 2. The lowest BCUT2D eigenvalue weighted by molar-refractivity contribution is -0.151. The van der Waals surface area contributed by atoms with Crippen molar-refractivity contribution in [2.24, 2.45) is 0 Å². The van der Waals surface area contributed by atoms with Gasteiger partial charge in [-0.15, -0.1) is 0 Å². The zero-order chi connectivity index (χ0) is 36.8. The number of esters is 1. The van der Waals surface area contributed by atoms with Crippen LogP contribution in [0.5, 0.6) is 0 Å². The van der Waals surface area contributed by atoms with Crippen LogP contribution in [0.15, 0.2) is 48.6 Å². The fraction of sp³-hybridized carbons (Fsp3) is 0.773. The van der Waals surface area contributed by atoms with E-state index in [4.69, 9.17) is 4.74 Å². The minimum Gasteiger partial charge on any atom is -0.462 e. The summed E-state index contributed by atoms with van der Waals surface area (Å²) in [5.74, 6) is -0.523. The van der Waals surface area contributed by atoms with E-state index < -0.39 is 18.2 Å². The van der Waals surface area contributed by atoms with Crippen LogP contribution < -0.4 is 5.32 Å². The van der Waals surface area contributed by atoms with E-state index in [1.54, 1.807) is 0 Å². The van der Waals surface area contributed by atoms with E-state index in [-0.39, 0.29) is 24.9 Å².